The van der Waals surface area contributed by atoms with Gasteiger partial charge in [-0.25, -0.2) is 5.48 Å². The van der Waals surface area contributed by atoms with E-state index in [0.29, 0.717) is 23.7 Å². The van der Waals surface area contributed by atoms with Gasteiger partial charge >= 0.3 is 0 Å². The number of fused-ring (bicyclic) bond motifs is 2. The molecule has 9 heteroatoms. The van der Waals surface area contributed by atoms with Crippen molar-refractivity contribution < 1.29 is 19.6 Å². The predicted molar refractivity (Wildman–Crippen MR) is 135 cm³/mol. The van der Waals surface area contributed by atoms with Gasteiger partial charge in [0.2, 0.25) is 5.91 Å². The van der Waals surface area contributed by atoms with Crippen LogP contribution in [0.4, 0.5) is 5.69 Å². The molecule has 0 heterocycles. The highest BCUT2D eigenvalue weighted by molar-refractivity contribution is 5.97. The van der Waals surface area contributed by atoms with Crippen molar-refractivity contribution in [2.45, 2.75) is 37.8 Å². The summed E-state index contributed by atoms with van der Waals surface area (Å²) in [5, 5.41) is 17.5. The molecule has 2 aromatic rings. The Morgan fingerprint density at radius 1 is 0.972 bits per heavy atom. The number of carbonyl (C=O) groups excluding carboxylic acids is 3. The van der Waals surface area contributed by atoms with Crippen molar-refractivity contribution in [3.8, 4) is 11.8 Å². The molecule has 36 heavy (non-hydrogen) atoms. The SMILES string of the molecule is NC[C@H](NC(=O)c1ccc(C#Cc2ccc(NC(=O)CNC3C[C@H]4CC[C@H]3C4)cc2)cc1)C(=O)NO. The maximum atomic E-state index is 12.3. The van der Waals surface area contributed by atoms with Crippen LogP contribution in [0.3, 0.4) is 0 Å². The molecule has 4 rings (SSSR count). The highest BCUT2D eigenvalue weighted by atomic mass is 16.5. The second-order valence-electron chi connectivity index (χ2n) is 9.35. The van der Waals surface area contributed by atoms with Crippen molar-refractivity contribution in [2.24, 2.45) is 17.6 Å². The van der Waals surface area contributed by atoms with Gasteiger partial charge in [-0.2, -0.15) is 0 Å². The van der Waals surface area contributed by atoms with Crippen LogP contribution in [0.15, 0.2) is 48.5 Å². The van der Waals surface area contributed by atoms with E-state index in [1.54, 1.807) is 24.3 Å². The maximum absolute atomic E-state index is 12.3. The van der Waals surface area contributed by atoms with Crippen LogP contribution in [0.2, 0.25) is 0 Å². The molecule has 2 fully saturated rings. The van der Waals surface area contributed by atoms with Gasteiger partial charge in [0.15, 0.2) is 0 Å². The average Bonchev–Trinajstić information content (AvgIpc) is 3.53. The molecular formula is C27H31N5O4. The van der Waals surface area contributed by atoms with E-state index in [4.69, 9.17) is 10.9 Å². The minimum Gasteiger partial charge on any atom is -0.339 e. The molecule has 0 saturated heterocycles. The number of hydrogen-bond acceptors (Lipinski definition) is 6. The minimum absolute atomic E-state index is 0.0458. The number of rotatable bonds is 8. The van der Waals surface area contributed by atoms with Crippen LogP contribution in [0.25, 0.3) is 0 Å². The van der Waals surface area contributed by atoms with E-state index in [1.165, 1.54) is 31.2 Å². The van der Waals surface area contributed by atoms with Crippen molar-refractivity contribution in [2.75, 3.05) is 18.4 Å². The van der Waals surface area contributed by atoms with Crippen molar-refractivity contribution >= 4 is 23.4 Å². The second-order valence-corrected chi connectivity index (χ2v) is 9.35. The standard InChI is InChI=1S/C27H31N5O4/c28-15-24(27(35)32-36)31-26(34)20-8-3-17(4-9-20)1-2-18-6-11-22(12-7-18)30-25(33)16-29-23-14-19-5-10-21(23)13-19/h3-4,6-9,11-12,19,21,23-24,29,36H,5,10,13-16,28H2,(H,30,33)(H,31,34)(H,32,35)/t19-,21-,23?,24-/m0/s1. The maximum Gasteiger partial charge on any atom is 0.267 e. The number of nitrogens with two attached hydrogens (primary N) is 1. The Balaban J connectivity index is 1.26. The summed E-state index contributed by atoms with van der Waals surface area (Å²) in [5.41, 5.74) is 9.47. The van der Waals surface area contributed by atoms with Crippen LogP contribution in [-0.4, -0.2) is 48.1 Å². The summed E-state index contributed by atoms with van der Waals surface area (Å²) in [6.45, 7) is 0.174. The lowest BCUT2D eigenvalue weighted by atomic mass is 9.95. The Morgan fingerprint density at radius 3 is 2.19 bits per heavy atom. The molecule has 2 saturated carbocycles. The number of carbonyl (C=O) groups is 3. The molecular weight excluding hydrogens is 458 g/mol. The third-order valence-electron chi connectivity index (χ3n) is 6.90. The summed E-state index contributed by atoms with van der Waals surface area (Å²) < 4.78 is 0. The molecule has 0 spiro atoms. The smallest absolute Gasteiger partial charge is 0.267 e. The van der Waals surface area contributed by atoms with Gasteiger partial charge in [0.1, 0.15) is 6.04 Å². The van der Waals surface area contributed by atoms with Crippen LogP contribution < -0.4 is 27.2 Å². The number of hydrogen-bond donors (Lipinski definition) is 6. The molecule has 4 atom stereocenters. The first-order chi connectivity index (χ1) is 17.4. The molecule has 188 valence electrons. The number of nitrogens with one attached hydrogen (secondary N) is 4. The minimum atomic E-state index is -1.03. The van der Waals surface area contributed by atoms with Crippen LogP contribution >= 0.6 is 0 Å². The zero-order chi connectivity index (χ0) is 25.5. The summed E-state index contributed by atoms with van der Waals surface area (Å²) in [6.07, 6.45) is 5.13. The molecule has 2 aliphatic rings. The van der Waals surface area contributed by atoms with Crippen LogP contribution in [0.5, 0.6) is 0 Å². The average molecular weight is 490 g/mol. The van der Waals surface area contributed by atoms with E-state index in [2.05, 4.69) is 27.8 Å². The Morgan fingerprint density at radius 2 is 1.64 bits per heavy atom. The first-order valence-corrected chi connectivity index (χ1v) is 12.2. The van der Waals surface area contributed by atoms with E-state index in [1.807, 2.05) is 24.3 Å². The second kappa shape index (κ2) is 11.8. The molecule has 2 aliphatic carbocycles. The van der Waals surface area contributed by atoms with Crippen LogP contribution in [0, 0.1) is 23.7 Å². The summed E-state index contributed by atoms with van der Waals surface area (Å²) in [5.74, 6) is 6.35. The highest BCUT2D eigenvalue weighted by Gasteiger charge is 2.39. The van der Waals surface area contributed by atoms with Gasteiger partial charge in [-0.1, -0.05) is 18.3 Å². The van der Waals surface area contributed by atoms with Gasteiger partial charge < -0.3 is 21.7 Å². The van der Waals surface area contributed by atoms with Gasteiger partial charge in [-0.15, -0.1) is 0 Å². The monoisotopic (exact) mass is 489 g/mol. The van der Waals surface area contributed by atoms with Crippen LogP contribution in [0.1, 0.15) is 47.2 Å². The van der Waals surface area contributed by atoms with Crippen molar-refractivity contribution in [3.05, 3.63) is 65.2 Å². The van der Waals surface area contributed by atoms with Gasteiger partial charge in [0.25, 0.3) is 11.8 Å². The van der Waals surface area contributed by atoms with Gasteiger partial charge in [0, 0.05) is 35.0 Å². The lowest BCUT2D eigenvalue weighted by molar-refractivity contribution is -0.130. The van der Waals surface area contributed by atoms with Crippen molar-refractivity contribution in [3.63, 3.8) is 0 Å². The zero-order valence-electron chi connectivity index (χ0n) is 19.9. The Hall–Kier alpha value is -3.71. The van der Waals surface area contributed by atoms with E-state index >= 15 is 0 Å². The summed E-state index contributed by atoms with van der Waals surface area (Å²) >= 11 is 0. The molecule has 2 bridgehead atoms. The van der Waals surface area contributed by atoms with Crippen LogP contribution in [-0.2, 0) is 9.59 Å². The molecule has 0 aromatic heterocycles. The van der Waals surface area contributed by atoms with Gasteiger partial charge in [-0.3, -0.25) is 19.6 Å². The topological polar surface area (TPSA) is 146 Å². The quantitative estimate of drug-likeness (QED) is 0.188. The Labute approximate surface area is 210 Å². The molecule has 3 amide bonds. The van der Waals surface area contributed by atoms with Crippen molar-refractivity contribution in [1.29, 1.82) is 0 Å². The third kappa shape index (κ3) is 6.49. The lowest BCUT2D eigenvalue weighted by Crippen LogP contribution is -2.50. The fourth-order valence-electron chi connectivity index (χ4n) is 4.96. The summed E-state index contributed by atoms with van der Waals surface area (Å²) in [7, 11) is 0. The van der Waals surface area contributed by atoms with E-state index in [9.17, 15) is 14.4 Å². The highest BCUT2D eigenvalue weighted by Crippen LogP contribution is 2.44. The summed E-state index contributed by atoms with van der Waals surface area (Å²) in [6, 6.07) is 13.3. The molecule has 0 radical (unpaired) electrons. The number of anilines is 1. The fourth-order valence-corrected chi connectivity index (χ4v) is 4.96. The molecule has 7 N–H and O–H groups in total. The fraction of sp³-hybridized carbons (Fsp3) is 0.370. The number of hydroxylamine groups is 1. The first kappa shape index (κ1) is 25.4. The van der Waals surface area contributed by atoms with E-state index in [-0.39, 0.29) is 12.5 Å². The Kier molecular flexibility index (Phi) is 8.33. The first-order valence-electron chi connectivity index (χ1n) is 12.2. The van der Waals surface area contributed by atoms with Crippen molar-refractivity contribution in [1.82, 2.24) is 16.1 Å². The van der Waals surface area contributed by atoms with E-state index < -0.39 is 17.9 Å². The summed E-state index contributed by atoms with van der Waals surface area (Å²) in [4.78, 5) is 36.0. The van der Waals surface area contributed by atoms with Gasteiger partial charge in [0.05, 0.1) is 6.54 Å². The normalized spacial score (nSPS) is 20.7. The molecule has 0 aliphatic heterocycles. The lowest BCUT2D eigenvalue weighted by Gasteiger charge is -2.22. The number of amides is 3. The molecule has 1 unspecified atom stereocenters. The zero-order valence-corrected chi connectivity index (χ0v) is 19.9. The predicted octanol–water partition coefficient (Wildman–Crippen LogP) is 1.37. The largest absolute Gasteiger partial charge is 0.339 e. The number of benzene rings is 2. The third-order valence-corrected chi connectivity index (χ3v) is 6.90. The Bertz CT molecular complexity index is 1150. The van der Waals surface area contributed by atoms with E-state index in [0.717, 1.165) is 23.1 Å². The van der Waals surface area contributed by atoms with Gasteiger partial charge in [-0.05, 0) is 79.6 Å². The molecule has 9 nitrogen and oxygen atoms in total. The molecule has 2 aromatic carbocycles.